The molecule has 1 aromatic carbocycles. The van der Waals surface area contributed by atoms with Gasteiger partial charge in [0, 0.05) is 17.9 Å². The number of methoxy groups -OCH3 is 1. The highest BCUT2D eigenvalue weighted by Crippen LogP contribution is 2.36. The van der Waals surface area contributed by atoms with Gasteiger partial charge in [-0.25, -0.2) is 4.39 Å². The minimum absolute atomic E-state index is 0.202. The first-order valence-electron chi connectivity index (χ1n) is 5.40. The average molecular weight is 261 g/mol. The molecule has 0 saturated carbocycles. The summed E-state index contributed by atoms with van der Waals surface area (Å²) in [7, 11) is 1.43. The largest absolute Gasteiger partial charge is 0.494 e. The first-order valence-corrected chi connectivity index (χ1v) is 5.93. The van der Waals surface area contributed by atoms with E-state index in [9.17, 15) is 4.39 Å². The Morgan fingerprint density at radius 3 is 2.65 bits per heavy atom. The molecule has 17 heavy (non-hydrogen) atoms. The summed E-state index contributed by atoms with van der Waals surface area (Å²) in [5.41, 5.74) is 0.633. The maximum absolute atomic E-state index is 13.6. The Morgan fingerprint density at radius 2 is 2.12 bits per heavy atom. The number of alkyl halides is 1. The second kappa shape index (κ2) is 5.21. The Hall–Kier alpha value is -0.840. The highest BCUT2D eigenvalue weighted by Gasteiger charge is 2.38. The van der Waals surface area contributed by atoms with Crippen LogP contribution in [0.1, 0.15) is 12.0 Å². The van der Waals surface area contributed by atoms with Crippen LogP contribution in [-0.2, 0) is 15.3 Å². The molecule has 0 spiro atoms. The van der Waals surface area contributed by atoms with Gasteiger partial charge in [0.2, 0.25) is 0 Å². The molecule has 0 aromatic heterocycles. The van der Waals surface area contributed by atoms with Crippen LogP contribution in [0.4, 0.5) is 4.39 Å². The van der Waals surface area contributed by atoms with Crippen molar-refractivity contribution in [1.29, 1.82) is 0 Å². The highest BCUT2D eigenvalue weighted by molar-refractivity contribution is 6.17. The molecule has 1 aliphatic heterocycles. The fraction of sp³-hybridized carbons (Fsp3) is 0.500. The van der Waals surface area contributed by atoms with Crippen molar-refractivity contribution in [2.24, 2.45) is 0 Å². The van der Waals surface area contributed by atoms with Crippen LogP contribution in [0.3, 0.4) is 0 Å². The average Bonchev–Trinajstić information content (AvgIpc) is 2.79. The van der Waals surface area contributed by atoms with Crippen LogP contribution in [0.25, 0.3) is 0 Å². The van der Waals surface area contributed by atoms with Gasteiger partial charge in [0.15, 0.2) is 17.4 Å². The molecule has 3 nitrogen and oxygen atoms in total. The Labute approximate surface area is 104 Å². The lowest BCUT2D eigenvalue weighted by Crippen LogP contribution is -2.27. The van der Waals surface area contributed by atoms with E-state index in [4.69, 9.17) is 25.8 Å². The molecule has 0 N–H and O–H groups in total. The standard InChI is InChI=1S/C12H14ClFO3/c1-15-11-3-2-9(8-10(11)14)12(4-5-13)16-6-7-17-12/h2-3,8H,4-7H2,1H3. The number of benzene rings is 1. The van der Waals surface area contributed by atoms with Gasteiger partial charge in [-0.3, -0.25) is 0 Å². The van der Waals surface area contributed by atoms with Crippen molar-refractivity contribution in [1.82, 2.24) is 0 Å². The molecule has 94 valence electrons. The molecule has 1 saturated heterocycles. The molecule has 1 heterocycles. The number of ether oxygens (including phenoxy) is 3. The Balaban J connectivity index is 2.33. The third-order valence-corrected chi connectivity index (χ3v) is 2.96. The zero-order valence-corrected chi connectivity index (χ0v) is 10.3. The minimum atomic E-state index is -0.908. The molecule has 0 atom stereocenters. The van der Waals surface area contributed by atoms with E-state index in [-0.39, 0.29) is 5.75 Å². The summed E-state index contributed by atoms with van der Waals surface area (Å²) in [6.45, 7) is 0.981. The van der Waals surface area contributed by atoms with Crippen LogP contribution in [0.15, 0.2) is 18.2 Å². The molecular formula is C12H14ClFO3. The van der Waals surface area contributed by atoms with Crippen molar-refractivity contribution in [3.05, 3.63) is 29.6 Å². The van der Waals surface area contributed by atoms with E-state index in [1.54, 1.807) is 12.1 Å². The predicted octanol–water partition coefficient (Wildman–Crippen LogP) is 2.66. The summed E-state index contributed by atoms with van der Waals surface area (Å²) in [4.78, 5) is 0. The van der Waals surface area contributed by atoms with E-state index in [1.165, 1.54) is 13.2 Å². The number of rotatable bonds is 4. The van der Waals surface area contributed by atoms with E-state index in [2.05, 4.69) is 0 Å². The zero-order valence-electron chi connectivity index (χ0n) is 9.54. The summed E-state index contributed by atoms with van der Waals surface area (Å²) < 4.78 is 29.7. The first-order chi connectivity index (χ1) is 8.22. The van der Waals surface area contributed by atoms with Gasteiger partial charge in [0.1, 0.15) is 0 Å². The van der Waals surface area contributed by atoms with Crippen molar-refractivity contribution in [2.75, 3.05) is 26.2 Å². The maximum atomic E-state index is 13.6. The van der Waals surface area contributed by atoms with E-state index < -0.39 is 11.6 Å². The Kier molecular flexibility index (Phi) is 3.86. The Morgan fingerprint density at radius 1 is 1.41 bits per heavy atom. The summed E-state index contributed by atoms with van der Waals surface area (Å²) in [5, 5.41) is 0. The van der Waals surface area contributed by atoms with Crippen LogP contribution in [0, 0.1) is 5.82 Å². The SMILES string of the molecule is COc1ccc(C2(CCCl)OCCO2)cc1F. The molecule has 2 rings (SSSR count). The first kappa shape index (κ1) is 12.6. The van der Waals surface area contributed by atoms with E-state index in [0.717, 1.165) is 0 Å². The lowest BCUT2D eigenvalue weighted by Gasteiger charge is -2.27. The van der Waals surface area contributed by atoms with Crippen LogP contribution >= 0.6 is 11.6 Å². The third-order valence-electron chi connectivity index (χ3n) is 2.77. The molecule has 0 aliphatic carbocycles. The van der Waals surface area contributed by atoms with Crippen LogP contribution < -0.4 is 4.74 Å². The van der Waals surface area contributed by atoms with Crippen LogP contribution in [0.5, 0.6) is 5.75 Å². The van der Waals surface area contributed by atoms with Crippen LogP contribution in [0.2, 0.25) is 0 Å². The predicted molar refractivity (Wildman–Crippen MR) is 61.9 cm³/mol. The summed E-state index contributed by atoms with van der Waals surface area (Å²) in [5.74, 6) is -0.756. The van der Waals surface area contributed by atoms with Gasteiger partial charge in [-0.05, 0) is 18.2 Å². The fourth-order valence-corrected chi connectivity index (χ4v) is 2.19. The van der Waals surface area contributed by atoms with Gasteiger partial charge < -0.3 is 14.2 Å². The van der Waals surface area contributed by atoms with E-state index in [0.29, 0.717) is 31.1 Å². The molecule has 1 fully saturated rings. The van der Waals surface area contributed by atoms with Crippen molar-refractivity contribution in [2.45, 2.75) is 12.2 Å². The number of hydrogen-bond acceptors (Lipinski definition) is 3. The normalized spacial score (nSPS) is 18.3. The van der Waals surface area contributed by atoms with Gasteiger partial charge >= 0.3 is 0 Å². The molecular weight excluding hydrogens is 247 g/mol. The fourth-order valence-electron chi connectivity index (χ4n) is 1.94. The van der Waals surface area contributed by atoms with Crippen molar-refractivity contribution in [3.8, 4) is 5.75 Å². The van der Waals surface area contributed by atoms with Gasteiger partial charge in [0.05, 0.1) is 20.3 Å². The molecule has 0 unspecified atom stereocenters. The van der Waals surface area contributed by atoms with Crippen LogP contribution in [-0.4, -0.2) is 26.2 Å². The van der Waals surface area contributed by atoms with Crippen molar-refractivity contribution < 1.29 is 18.6 Å². The van der Waals surface area contributed by atoms with Crippen molar-refractivity contribution >= 4 is 11.6 Å². The molecule has 0 amide bonds. The number of hydrogen-bond donors (Lipinski definition) is 0. The molecule has 0 radical (unpaired) electrons. The minimum Gasteiger partial charge on any atom is -0.494 e. The highest BCUT2D eigenvalue weighted by atomic mass is 35.5. The smallest absolute Gasteiger partial charge is 0.196 e. The summed E-state index contributed by atoms with van der Waals surface area (Å²) in [6.07, 6.45) is 0.486. The zero-order chi connectivity index (χ0) is 12.3. The van der Waals surface area contributed by atoms with Gasteiger partial charge in [-0.2, -0.15) is 0 Å². The maximum Gasteiger partial charge on any atom is 0.196 e. The van der Waals surface area contributed by atoms with Gasteiger partial charge in [-0.15, -0.1) is 11.6 Å². The van der Waals surface area contributed by atoms with Crippen molar-refractivity contribution in [3.63, 3.8) is 0 Å². The lowest BCUT2D eigenvalue weighted by atomic mass is 10.0. The summed E-state index contributed by atoms with van der Waals surface area (Å²) in [6, 6.07) is 4.67. The lowest BCUT2D eigenvalue weighted by molar-refractivity contribution is -0.167. The van der Waals surface area contributed by atoms with E-state index >= 15 is 0 Å². The second-order valence-electron chi connectivity index (χ2n) is 3.74. The quantitative estimate of drug-likeness (QED) is 0.779. The number of halogens is 2. The summed E-state index contributed by atoms with van der Waals surface area (Å²) >= 11 is 5.74. The third kappa shape index (κ3) is 2.39. The molecule has 1 aromatic rings. The second-order valence-corrected chi connectivity index (χ2v) is 4.12. The Bertz CT molecular complexity index is 391. The monoisotopic (exact) mass is 260 g/mol. The molecule has 5 heteroatoms. The molecule has 1 aliphatic rings. The van der Waals surface area contributed by atoms with E-state index in [1.807, 2.05) is 0 Å². The molecule has 0 bridgehead atoms. The van der Waals surface area contributed by atoms with Gasteiger partial charge in [0.25, 0.3) is 0 Å². The topological polar surface area (TPSA) is 27.7 Å². The van der Waals surface area contributed by atoms with Gasteiger partial charge in [-0.1, -0.05) is 0 Å².